The van der Waals surface area contributed by atoms with Crippen LogP contribution in [0.4, 0.5) is 4.79 Å². The lowest BCUT2D eigenvalue weighted by molar-refractivity contribution is -0.123. The smallest absolute Gasteiger partial charge is 0.293 e. The Balaban J connectivity index is 1.45. The number of methoxy groups -OCH3 is 1. The lowest BCUT2D eigenvalue weighted by Gasteiger charge is -2.14. The van der Waals surface area contributed by atoms with Gasteiger partial charge in [0.25, 0.3) is 11.1 Å². The third kappa shape index (κ3) is 6.20. The van der Waals surface area contributed by atoms with E-state index in [1.165, 1.54) is 12.0 Å². The van der Waals surface area contributed by atoms with Crippen molar-refractivity contribution in [3.63, 3.8) is 0 Å². The van der Waals surface area contributed by atoms with Gasteiger partial charge in [0.2, 0.25) is 0 Å². The van der Waals surface area contributed by atoms with E-state index in [-0.39, 0.29) is 30.9 Å². The highest BCUT2D eigenvalue weighted by Crippen LogP contribution is 2.38. The number of nitrogens with zero attached hydrogens (tertiary/aromatic N) is 1. The van der Waals surface area contributed by atoms with E-state index in [1.807, 2.05) is 48.5 Å². The Kier molecular flexibility index (Phi) is 8.38. The summed E-state index contributed by atoms with van der Waals surface area (Å²) in [5.74, 6) is 1.33. The SMILES string of the molecule is COc1cc(/C=C2\SC(=O)N(CCOc3ccccc3)C2=O)c(Br)cc1OCc1ccccc1Cl. The van der Waals surface area contributed by atoms with Gasteiger partial charge in [-0.1, -0.05) is 63.9 Å². The van der Waals surface area contributed by atoms with Crippen LogP contribution in [0.25, 0.3) is 6.08 Å². The molecule has 1 aliphatic heterocycles. The van der Waals surface area contributed by atoms with Gasteiger partial charge in [-0.15, -0.1) is 0 Å². The maximum atomic E-state index is 12.9. The number of thioether (sulfide) groups is 1. The number of para-hydroxylation sites is 1. The summed E-state index contributed by atoms with van der Waals surface area (Å²) in [6.45, 7) is 0.645. The van der Waals surface area contributed by atoms with Crippen LogP contribution in [0.5, 0.6) is 17.2 Å². The fourth-order valence-electron chi connectivity index (χ4n) is 3.31. The monoisotopic (exact) mass is 573 g/mol. The van der Waals surface area contributed by atoms with Crippen molar-refractivity contribution in [2.45, 2.75) is 6.61 Å². The molecule has 9 heteroatoms. The first-order valence-electron chi connectivity index (χ1n) is 10.6. The van der Waals surface area contributed by atoms with Crippen LogP contribution in [0.3, 0.4) is 0 Å². The fourth-order valence-corrected chi connectivity index (χ4v) is 4.79. The van der Waals surface area contributed by atoms with E-state index in [4.69, 9.17) is 25.8 Å². The van der Waals surface area contributed by atoms with Crippen LogP contribution < -0.4 is 14.2 Å². The molecule has 4 rings (SSSR count). The van der Waals surface area contributed by atoms with Gasteiger partial charge in [0.05, 0.1) is 18.6 Å². The number of carbonyl (C=O) groups is 2. The predicted octanol–water partition coefficient (Wildman–Crippen LogP) is 6.81. The van der Waals surface area contributed by atoms with Crippen molar-refractivity contribution in [2.24, 2.45) is 0 Å². The third-order valence-electron chi connectivity index (χ3n) is 5.11. The van der Waals surface area contributed by atoms with Gasteiger partial charge in [0, 0.05) is 15.1 Å². The van der Waals surface area contributed by atoms with E-state index in [1.54, 1.807) is 24.3 Å². The van der Waals surface area contributed by atoms with Crippen molar-refractivity contribution in [3.05, 3.63) is 92.3 Å². The molecule has 35 heavy (non-hydrogen) atoms. The van der Waals surface area contributed by atoms with Crippen molar-refractivity contribution < 1.29 is 23.8 Å². The van der Waals surface area contributed by atoms with E-state index in [0.29, 0.717) is 37.2 Å². The molecule has 0 spiro atoms. The van der Waals surface area contributed by atoms with Crippen LogP contribution in [0.2, 0.25) is 5.02 Å². The van der Waals surface area contributed by atoms with Crippen molar-refractivity contribution in [1.82, 2.24) is 4.90 Å². The summed E-state index contributed by atoms with van der Waals surface area (Å²) in [7, 11) is 1.54. The molecule has 1 heterocycles. The number of hydrogen-bond acceptors (Lipinski definition) is 6. The minimum Gasteiger partial charge on any atom is -0.493 e. The van der Waals surface area contributed by atoms with Gasteiger partial charge < -0.3 is 14.2 Å². The molecular weight excluding hydrogens is 554 g/mol. The molecule has 3 aromatic rings. The second-order valence-corrected chi connectivity index (χ2v) is 9.65. The summed E-state index contributed by atoms with van der Waals surface area (Å²) in [5, 5.41) is 0.285. The first kappa shape index (κ1) is 25.2. The summed E-state index contributed by atoms with van der Waals surface area (Å²) in [5.41, 5.74) is 1.53. The highest BCUT2D eigenvalue weighted by molar-refractivity contribution is 9.10. The van der Waals surface area contributed by atoms with Crippen LogP contribution in [-0.2, 0) is 11.4 Å². The fraction of sp³-hybridized carbons (Fsp3) is 0.154. The molecule has 0 saturated carbocycles. The number of hydrogen-bond donors (Lipinski definition) is 0. The molecule has 0 atom stereocenters. The molecule has 2 amide bonds. The number of halogens is 2. The summed E-state index contributed by atoms with van der Waals surface area (Å²) in [4.78, 5) is 26.8. The van der Waals surface area contributed by atoms with Crippen LogP contribution in [0, 0.1) is 0 Å². The Hall–Kier alpha value is -2.94. The second kappa shape index (κ2) is 11.7. The Labute approximate surface area is 220 Å². The van der Waals surface area contributed by atoms with Crippen LogP contribution in [0.1, 0.15) is 11.1 Å². The first-order valence-corrected chi connectivity index (χ1v) is 12.6. The molecule has 6 nitrogen and oxygen atoms in total. The molecule has 0 unspecified atom stereocenters. The van der Waals surface area contributed by atoms with E-state index in [9.17, 15) is 9.59 Å². The maximum Gasteiger partial charge on any atom is 0.293 e. The van der Waals surface area contributed by atoms with Gasteiger partial charge in [-0.25, -0.2) is 0 Å². The van der Waals surface area contributed by atoms with Crippen LogP contribution in [-0.4, -0.2) is 36.3 Å². The number of amides is 2. The van der Waals surface area contributed by atoms with Gasteiger partial charge in [-0.05, 0) is 53.7 Å². The molecule has 0 radical (unpaired) electrons. The average molecular weight is 575 g/mol. The molecule has 180 valence electrons. The Morgan fingerprint density at radius 3 is 2.49 bits per heavy atom. The molecule has 0 bridgehead atoms. The van der Waals surface area contributed by atoms with Gasteiger partial charge in [-0.2, -0.15) is 0 Å². The van der Waals surface area contributed by atoms with Crippen LogP contribution >= 0.6 is 39.3 Å². The zero-order valence-electron chi connectivity index (χ0n) is 18.7. The molecule has 1 saturated heterocycles. The summed E-state index contributed by atoms with van der Waals surface area (Å²) >= 11 is 10.6. The highest BCUT2D eigenvalue weighted by atomic mass is 79.9. The van der Waals surface area contributed by atoms with Gasteiger partial charge >= 0.3 is 0 Å². The highest BCUT2D eigenvalue weighted by Gasteiger charge is 2.35. The van der Waals surface area contributed by atoms with E-state index >= 15 is 0 Å². The van der Waals surface area contributed by atoms with Crippen molar-refractivity contribution in [1.29, 1.82) is 0 Å². The zero-order valence-corrected chi connectivity index (χ0v) is 21.9. The lowest BCUT2D eigenvalue weighted by atomic mass is 10.1. The number of carbonyl (C=O) groups excluding carboxylic acids is 2. The Bertz CT molecular complexity index is 1270. The molecule has 1 fully saturated rings. The van der Waals surface area contributed by atoms with Crippen LogP contribution in [0.15, 0.2) is 76.1 Å². The first-order chi connectivity index (χ1) is 17.0. The summed E-state index contributed by atoms with van der Waals surface area (Å²) in [6, 6.07) is 20.2. The quantitative estimate of drug-likeness (QED) is 0.262. The van der Waals surface area contributed by atoms with Gasteiger partial charge in [-0.3, -0.25) is 14.5 Å². The number of imide groups is 1. The molecule has 0 N–H and O–H groups in total. The Morgan fingerprint density at radius 2 is 1.74 bits per heavy atom. The molecule has 0 aromatic heterocycles. The summed E-state index contributed by atoms with van der Waals surface area (Å²) in [6.07, 6.45) is 1.66. The maximum absolute atomic E-state index is 12.9. The normalized spacial score (nSPS) is 14.5. The number of benzene rings is 3. The third-order valence-corrected chi connectivity index (χ3v) is 7.07. The van der Waals surface area contributed by atoms with Crippen molar-refractivity contribution in [2.75, 3.05) is 20.3 Å². The summed E-state index contributed by atoms with van der Waals surface area (Å²) < 4.78 is 17.7. The minimum absolute atomic E-state index is 0.163. The van der Waals surface area contributed by atoms with E-state index < -0.39 is 0 Å². The second-order valence-electron chi connectivity index (χ2n) is 7.40. The number of rotatable bonds is 9. The number of ether oxygens (including phenoxy) is 3. The molecule has 0 aliphatic carbocycles. The molecule has 3 aromatic carbocycles. The van der Waals surface area contributed by atoms with Crippen molar-refractivity contribution in [3.8, 4) is 17.2 Å². The molecule has 1 aliphatic rings. The van der Waals surface area contributed by atoms with Gasteiger partial charge in [0.1, 0.15) is 19.0 Å². The minimum atomic E-state index is -0.360. The largest absolute Gasteiger partial charge is 0.493 e. The zero-order chi connectivity index (χ0) is 24.8. The average Bonchev–Trinajstić information content (AvgIpc) is 3.13. The van der Waals surface area contributed by atoms with Crippen molar-refractivity contribution >= 4 is 56.5 Å². The Morgan fingerprint density at radius 1 is 1.00 bits per heavy atom. The standard InChI is InChI=1S/C26H21BrClNO5S/c1-32-22-13-18(20(27)15-23(22)34-16-17-7-5-6-10-21(17)28)14-24-25(30)29(26(31)35-24)11-12-33-19-8-3-2-4-9-19/h2-10,13-15H,11-12,16H2,1H3/b24-14-. The predicted molar refractivity (Wildman–Crippen MR) is 141 cm³/mol. The van der Waals surface area contributed by atoms with Gasteiger partial charge in [0.15, 0.2) is 11.5 Å². The molecular formula is C26H21BrClNO5S. The topological polar surface area (TPSA) is 65.1 Å². The van der Waals surface area contributed by atoms with E-state index in [0.717, 1.165) is 17.3 Å². The van der Waals surface area contributed by atoms with E-state index in [2.05, 4.69) is 15.9 Å². The lowest BCUT2D eigenvalue weighted by Crippen LogP contribution is -2.32.